The number of sulfone groups is 1. The van der Waals surface area contributed by atoms with Crippen molar-refractivity contribution in [2.45, 2.75) is 10.9 Å². The number of rotatable bonds is 5. The van der Waals surface area contributed by atoms with E-state index in [4.69, 9.17) is 11.6 Å². The van der Waals surface area contributed by atoms with Gasteiger partial charge < -0.3 is 5.32 Å². The molecule has 3 aromatic carbocycles. The SMILES string of the molecule is CS(=O)(=O)c1ccc(Cl)c(C(=O)NC(c2ccccc2)c2ccc(Br)cc2F)c1. The molecule has 3 rings (SSSR count). The van der Waals surface area contributed by atoms with Crippen molar-refractivity contribution in [1.29, 1.82) is 0 Å². The second kappa shape index (κ2) is 8.65. The lowest BCUT2D eigenvalue weighted by Gasteiger charge is -2.21. The molecule has 0 saturated carbocycles. The predicted molar refractivity (Wildman–Crippen MR) is 114 cm³/mol. The number of carbonyl (C=O) groups excluding carboxylic acids is 1. The van der Waals surface area contributed by atoms with Crippen LogP contribution in [0.4, 0.5) is 4.39 Å². The lowest BCUT2D eigenvalue weighted by atomic mass is 9.97. The van der Waals surface area contributed by atoms with Gasteiger partial charge in [0.25, 0.3) is 5.91 Å². The molecule has 29 heavy (non-hydrogen) atoms. The monoisotopic (exact) mass is 495 g/mol. The lowest BCUT2D eigenvalue weighted by Crippen LogP contribution is -2.30. The maximum atomic E-state index is 14.7. The van der Waals surface area contributed by atoms with Gasteiger partial charge in [0.2, 0.25) is 0 Å². The molecular weight excluding hydrogens is 481 g/mol. The molecule has 0 radical (unpaired) electrons. The number of nitrogens with one attached hydrogen (secondary N) is 1. The molecule has 0 aliphatic carbocycles. The first kappa shape index (κ1) is 21.5. The smallest absolute Gasteiger partial charge is 0.253 e. The Kier molecular flexibility index (Phi) is 6.41. The number of hydrogen-bond donors (Lipinski definition) is 1. The maximum absolute atomic E-state index is 14.7. The first-order valence-electron chi connectivity index (χ1n) is 8.47. The van der Waals surface area contributed by atoms with Gasteiger partial charge in [0.15, 0.2) is 9.84 Å². The first-order valence-corrected chi connectivity index (χ1v) is 11.5. The van der Waals surface area contributed by atoms with Crippen LogP contribution in [0.15, 0.2) is 76.1 Å². The summed E-state index contributed by atoms with van der Waals surface area (Å²) in [5, 5.41) is 2.87. The summed E-state index contributed by atoms with van der Waals surface area (Å²) in [5.74, 6) is -1.11. The number of benzene rings is 3. The van der Waals surface area contributed by atoms with Gasteiger partial charge in [0.05, 0.1) is 21.5 Å². The third kappa shape index (κ3) is 5.04. The molecule has 0 bridgehead atoms. The molecule has 0 aromatic heterocycles. The zero-order chi connectivity index (χ0) is 21.2. The molecule has 0 heterocycles. The molecular formula is C21H16BrClFNO3S. The first-order chi connectivity index (χ1) is 13.7. The van der Waals surface area contributed by atoms with E-state index in [1.165, 1.54) is 24.3 Å². The maximum Gasteiger partial charge on any atom is 0.253 e. The number of carbonyl (C=O) groups is 1. The molecule has 8 heteroatoms. The third-order valence-corrected chi connectivity index (χ3v) is 6.23. The largest absolute Gasteiger partial charge is 0.341 e. The lowest BCUT2D eigenvalue weighted by molar-refractivity contribution is 0.0942. The van der Waals surface area contributed by atoms with Crippen LogP contribution < -0.4 is 5.32 Å². The average Bonchev–Trinajstić information content (AvgIpc) is 2.66. The predicted octanol–water partition coefficient (Wildman–Crippen LogP) is 5.16. The van der Waals surface area contributed by atoms with E-state index in [9.17, 15) is 17.6 Å². The summed E-state index contributed by atoms with van der Waals surface area (Å²) in [4.78, 5) is 12.9. The van der Waals surface area contributed by atoms with Crippen molar-refractivity contribution < 1.29 is 17.6 Å². The minimum absolute atomic E-state index is 0.00644. The van der Waals surface area contributed by atoms with Gasteiger partial charge in [-0.15, -0.1) is 0 Å². The Labute approximate surface area is 181 Å². The van der Waals surface area contributed by atoms with E-state index in [0.29, 0.717) is 10.0 Å². The average molecular weight is 497 g/mol. The summed E-state index contributed by atoms with van der Waals surface area (Å²) in [6, 6.07) is 16.6. The van der Waals surface area contributed by atoms with Crippen LogP contribution in [-0.2, 0) is 9.84 Å². The van der Waals surface area contributed by atoms with Crippen LogP contribution in [0.1, 0.15) is 27.5 Å². The topological polar surface area (TPSA) is 63.2 Å². The fourth-order valence-electron chi connectivity index (χ4n) is 2.84. The zero-order valence-corrected chi connectivity index (χ0v) is 18.4. The Bertz CT molecular complexity index is 1170. The molecule has 3 aromatic rings. The van der Waals surface area contributed by atoms with Gasteiger partial charge in [-0.3, -0.25) is 4.79 Å². The summed E-state index contributed by atoms with van der Waals surface area (Å²) in [7, 11) is -3.52. The Hall–Kier alpha value is -2.22. The van der Waals surface area contributed by atoms with Crippen molar-refractivity contribution in [2.24, 2.45) is 0 Å². The van der Waals surface area contributed by atoms with Gasteiger partial charge in [-0.25, -0.2) is 12.8 Å². The van der Waals surface area contributed by atoms with Crippen LogP contribution >= 0.6 is 27.5 Å². The van der Waals surface area contributed by atoms with Gasteiger partial charge >= 0.3 is 0 Å². The van der Waals surface area contributed by atoms with Gasteiger partial charge in [-0.1, -0.05) is 63.9 Å². The van der Waals surface area contributed by atoms with Crippen LogP contribution in [0.25, 0.3) is 0 Å². The molecule has 1 unspecified atom stereocenters. The van der Waals surface area contributed by atoms with Crippen LogP contribution in [0.5, 0.6) is 0 Å². The summed E-state index contributed by atoms with van der Waals surface area (Å²) in [5.41, 5.74) is 0.925. The van der Waals surface area contributed by atoms with E-state index in [-0.39, 0.29) is 21.0 Å². The highest BCUT2D eigenvalue weighted by Gasteiger charge is 2.23. The quantitative estimate of drug-likeness (QED) is 0.530. The number of halogens is 3. The van der Waals surface area contributed by atoms with Crippen molar-refractivity contribution in [3.8, 4) is 0 Å². The van der Waals surface area contributed by atoms with E-state index < -0.39 is 27.6 Å². The molecule has 0 aliphatic heterocycles. The van der Waals surface area contributed by atoms with Crippen molar-refractivity contribution in [3.05, 3.63) is 98.7 Å². The van der Waals surface area contributed by atoms with Crippen LogP contribution in [0.2, 0.25) is 5.02 Å². The molecule has 0 aliphatic rings. The van der Waals surface area contributed by atoms with Gasteiger partial charge in [-0.05, 0) is 35.9 Å². The zero-order valence-electron chi connectivity index (χ0n) is 15.2. The highest BCUT2D eigenvalue weighted by atomic mass is 79.9. The summed E-state index contributed by atoms with van der Waals surface area (Å²) < 4.78 is 38.9. The number of amides is 1. The van der Waals surface area contributed by atoms with Crippen LogP contribution in [-0.4, -0.2) is 20.6 Å². The van der Waals surface area contributed by atoms with Gasteiger partial charge in [0, 0.05) is 16.3 Å². The van der Waals surface area contributed by atoms with E-state index in [1.807, 2.05) is 6.07 Å². The summed E-state index contributed by atoms with van der Waals surface area (Å²) in [6.07, 6.45) is 1.04. The van der Waals surface area contributed by atoms with E-state index in [2.05, 4.69) is 21.2 Å². The third-order valence-electron chi connectivity index (χ3n) is 4.29. The molecule has 150 valence electrons. The molecule has 1 amide bonds. The molecule has 0 saturated heterocycles. The van der Waals surface area contributed by atoms with E-state index in [1.54, 1.807) is 36.4 Å². The number of hydrogen-bond acceptors (Lipinski definition) is 3. The van der Waals surface area contributed by atoms with Crippen LogP contribution in [0.3, 0.4) is 0 Å². The van der Waals surface area contributed by atoms with Gasteiger partial charge in [0.1, 0.15) is 5.82 Å². The second-order valence-electron chi connectivity index (χ2n) is 6.40. The van der Waals surface area contributed by atoms with E-state index in [0.717, 1.165) is 6.26 Å². The molecule has 1 atom stereocenters. The van der Waals surface area contributed by atoms with Crippen molar-refractivity contribution in [2.75, 3.05) is 6.26 Å². The molecule has 4 nitrogen and oxygen atoms in total. The molecule has 0 spiro atoms. The minimum Gasteiger partial charge on any atom is -0.341 e. The second-order valence-corrected chi connectivity index (χ2v) is 9.74. The minimum atomic E-state index is -3.52. The van der Waals surface area contributed by atoms with Crippen molar-refractivity contribution in [3.63, 3.8) is 0 Å². The van der Waals surface area contributed by atoms with Crippen molar-refractivity contribution >= 4 is 43.3 Å². The van der Waals surface area contributed by atoms with Crippen LogP contribution in [0, 0.1) is 5.82 Å². The molecule has 1 N–H and O–H groups in total. The van der Waals surface area contributed by atoms with Crippen molar-refractivity contribution in [1.82, 2.24) is 5.32 Å². The molecule has 0 fully saturated rings. The summed E-state index contributed by atoms with van der Waals surface area (Å²) in [6.45, 7) is 0. The standard InChI is InChI=1S/C21H16BrClFNO3S/c1-29(27,28)15-8-10-18(23)17(12-15)21(26)25-20(13-5-3-2-4-6-13)16-9-7-14(22)11-19(16)24/h2-12,20H,1H3,(H,25,26). The van der Waals surface area contributed by atoms with Gasteiger partial charge in [-0.2, -0.15) is 0 Å². The van der Waals surface area contributed by atoms with E-state index >= 15 is 0 Å². The normalized spacial score (nSPS) is 12.4. The Morgan fingerprint density at radius 1 is 1.07 bits per heavy atom. The Morgan fingerprint density at radius 2 is 1.76 bits per heavy atom. The highest BCUT2D eigenvalue weighted by Crippen LogP contribution is 2.28. The Morgan fingerprint density at radius 3 is 2.38 bits per heavy atom. The highest BCUT2D eigenvalue weighted by molar-refractivity contribution is 9.10. The Balaban J connectivity index is 2.04. The fourth-order valence-corrected chi connectivity index (χ4v) is 4.02. The summed E-state index contributed by atoms with van der Waals surface area (Å²) >= 11 is 9.36. The fraction of sp³-hybridized carbons (Fsp3) is 0.0952.